The van der Waals surface area contributed by atoms with Gasteiger partial charge in [0.2, 0.25) is 0 Å². The minimum Gasteiger partial charge on any atom is -0.508 e. The third kappa shape index (κ3) is 3.49. The zero-order valence-corrected chi connectivity index (χ0v) is 11.6. The maximum atomic E-state index is 9.35. The molecule has 1 saturated carbocycles. The molecule has 0 spiro atoms. The molecule has 0 unspecified atom stereocenters. The predicted molar refractivity (Wildman–Crippen MR) is 75.9 cm³/mol. The highest BCUT2D eigenvalue weighted by atomic mass is 16.3. The van der Waals surface area contributed by atoms with Crippen molar-refractivity contribution in [2.75, 3.05) is 6.54 Å². The van der Waals surface area contributed by atoms with Crippen molar-refractivity contribution in [3.8, 4) is 5.75 Å². The second-order valence-corrected chi connectivity index (χ2v) is 6.09. The summed E-state index contributed by atoms with van der Waals surface area (Å²) in [6.07, 6.45) is 6.50. The first kappa shape index (κ1) is 13.4. The molecule has 2 rings (SSSR count). The Bertz CT molecular complexity index is 363. The van der Waals surface area contributed by atoms with Crippen LogP contribution in [0.25, 0.3) is 0 Å². The van der Waals surface area contributed by atoms with Crippen molar-refractivity contribution in [1.29, 1.82) is 0 Å². The molecule has 1 fully saturated rings. The molecular formula is C16H25NO. The van der Waals surface area contributed by atoms with E-state index >= 15 is 0 Å². The number of phenolic OH excluding ortho intramolecular Hbond substituents is 1. The lowest BCUT2D eigenvalue weighted by atomic mass is 9.79. The summed E-state index contributed by atoms with van der Waals surface area (Å²) in [4.78, 5) is 0. The van der Waals surface area contributed by atoms with Crippen LogP contribution >= 0.6 is 0 Å². The summed E-state index contributed by atoms with van der Waals surface area (Å²) in [7, 11) is 0. The van der Waals surface area contributed by atoms with E-state index in [9.17, 15) is 5.11 Å². The van der Waals surface area contributed by atoms with Crippen LogP contribution in [0.15, 0.2) is 24.3 Å². The number of rotatable bonds is 5. The van der Waals surface area contributed by atoms with Gasteiger partial charge in [0.1, 0.15) is 5.75 Å². The highest BCUT2D eigenvalue weighted by molar-refractivity contribution is 5.27. The van der Waals surface area contributed by atoms with Gasteiger partial charge in [0.25, 0.3) is 0 Å². The molecule has 0 heterocycles. The average molecular weight is 247 g/mol. The number of nitrogens with one attached hydrogen (secondary N) is 1. The lowest BCUT2D eigenvalue weighted by molar-refractivity contribution is 0.269. The molecule has 0 bridgehead atoms. The van der Waals surface area contributed by atoms with Crippen LogP contribution in [0.2, 0.25) is 0 Å². The summed E-state index contributed by atoms with van der Waals surface area (Å²) in [5, 5.41) is 13.0. The van der Waals surface area contributed by atoms with Gasteiger partial charge in [-0.25, -0.2) is 0 Å². The number of hydrogen-bond donors (Lipinski definition) is 2. The first-order valence-electron chi connectivity index (χ1n) is 7.11. The first-order chi connectivity index (χ1) is 8.60. The maximum absolute atomic E-state index is 9.35. The molecule has 0 radical (unpaired) electrons. The molecule has 0 aliphatic heterocycles. The summed E-state index contributed by atoms with van der Waals surface area (Å²) < 4.78 is 0. The van der Waals surface area contributed by atoms with Crippen molar-refractivity contribution < 1.29 is 5.11 Å². The van der Waals surface area contributed by atoms with Crippen LogP contribution in [0.4, 0.5) is 0 Å². The lowest BCUT2D eigenvalue weighted by Crippen LogP contribution is -2.37. The van der Waals surface area contributed by atoms with Gasteiger partial charge in [-0.3, -0.25) is 0 Å². The van der Waals surface area contributed by atoms with Gasteiger partial charge in [0.15, 0.2) is 0 Å². The molecule has 1 aromatic carbocycles. The van der Waals surface area contributed by atoms with E-state index in [-0.39, 0.29) is 0 Å². The third-order valence-corrected chi connectivity index (χ3v) is 4.06. The fourth-order valence-electron chi connectivity index (χ4n) is 3.01. The Kier molecular flexibility index (Phi) is 4.28. The molecule has 2 N–H and O–H groups in total. The Morgan fingerprint density at radius 3 is 2.33 bits per heavy atom. The van der Waals surface area contributed by atoms with Crippen LogP contribution in [0, 0.1) is 5.41 Å². The second-order valence-electron chi connectivity index (χ2n) is 6.09. The summed E-state index contributed by atoms with van der Waals surface area (Å²) in [6, 6.07) is 8.28. The topological polar surface area (TPSA) is 32.3 Å². The monoisotopic (exact) mass is 247 g/mol. The molecule has 1 aliphatic rings. The molecule has 0 amide bonds. The van der Waals surface area contributed by atoms with Gasteiger partial charge in [0, 0.05) is 12.6 Å². The third-order valence-electron chi connectivity index (χ3n) is 4.06. The maximum Gasteiger partial charge on any atom is 0.115 e. The van der Waals surface area contributed by atoms with Crippen molar-refractivity contribution in [2.45, 2.75) is 52.0 Å². The second kappa shape index (κ2) is 5.75. The van der Waals surface area contributed by atoms with Gasteiger partial charge in [-0.1, -0.05) is 38.8 Å². The largest absolute Gasteiger partial charge is 0.508 e. The molecule has 2 heteroatoms. The molecule has 100 valence electrons. The zero-order valence-electron chi connectivity index (χ0n) is 11.6. The molecule has 18 heavy (non-hydrogen) atoms. The summed E-state index contributed by atoms with van der Waals surface area (Å²) >= 11 is 0. The van der Waals surface area contributed by atoms with E-state index in [1.54, 1.807) is 12.1 Å². The highest BCUT2D eigenvalue weighted by Gasteiger charge is 2.33. The average Bonchev–Trinajstić information content (AvgIpc) is 2.79. The zero-order chi connectivity index (χ0) is 13.0. The Morgan fingerprint density at radius 2 is 1.78 bits per heavy atom. The van der Waals surface area contributed by atoms with Crippen LogP contribution in [-0.2, 0) is 6.42 Å². The summed E-state index contributed by atoms with van der Waals surface area (Å²) in [5.41, 5.74) is 1.78. The van der Waals surface area contributed by atoms with E-state index in [1.165, 1.54) is 31.2 Å². The van der Waals surface area contributed by atoms with Crippen LogP contribution in [0.1, 0.15) is 45.1 Å². The van der Waals surface area contributed by atoms with Crippen molar-refractivity contribution >= 4 is 0 Å². The number of aromatic hydroxyl groups is 1. The Balaban J connectivity index is 2.03. The standard InChI is InChI=1S/C16H25NO/c1-13(2)17-12-16(9-3-4-10-16)11-14-5-7-15(18)8-6-14/h5-8,13,17-18H,3-4,9-12H2,1-2H3. The minimum atomic E-state index is 0.361. The SMILES string of the molecule is CC(C)NCC1(Cc2ccc(O)cc2)CCCC1. The van der Waals surface area contributed by atoms with Crippen LogP contribution in [0.3, 0.4) is 0 Å². The fraction of sp³-hybridized carbons (Fsp3) is 0.625. The molecule has 0 atom stereocenters. The van der Waals surface area contributed by atoms with Gasteiger partial charge in [-0.15, -0.1) is 0 Å². The van der Waals surface area contributed by atoms with Crippen LogP contribution in [-0.4, -0.2) is 17.7 Å². The van der Waals surface area contributed by atoms with Gasteiger partial charge in [0.05, 0.1) is 0 Å². The predicted octanol–water partition coefficient (Wildman–Crippen LogP) is 3.49. The normalized spacial score (nSPS) is 18.4. The lowest BCUT2D eigenvalue weighted by Gasteiger charge is -2.30. The van der Waals surface area contributed by atoms with Gasteiger partial charge < -0.3 is 10.4 Å². The molecule has 1 aliphatic carbocycles. The van der Waals surface area contributed by atoms with Gasteiger partial charge >= 0.3 is 0 Å². The van der Waals surface area contributed by atoms with E-state index < -0.39 is 0 Å². The first-order valence-corrected chi connectivity index (χ1v) is 7.11. The van der Waals surface area contributed by atoms with Crippen molar-refractivity contribution in [2.24, 2.45) is 5.41 Å². The number of hydrogen-bond acceptors (Lipinski definition) is 2. The van der Waals surface area contributed by atoms with Crippen molar-refractivity contribution in [3.63, 3.8) is 0 Å². The molecular weight excluding hydrogens is 222 g/mol. The van der Waals surface area contributed by atoms with Crippen molar-refractivity contribution in [1.82, 2.24) is 5.32 Å². The van der Waals surface area contributed by atoms with Gasteiger partial charge in [-0.05, 0) is 42.4 Å². The number of phenols is 1. The van der Waals surface area contributed by atoms with E-state index in [2.05, 4.69) is 31.3 Å². The van der Waals surface area contributed by atoms with Crippen molar-refractivity contribution in [3.05, 3.63) is 29.8 Å². The fourth-order valence-corrected chi connectivity index (χ4v) is 3.01. The van der Waals surface area contributed by atoms with Gasteiger partial charge in [-0.2, -0.15) is 0 Å². The van der Waals surface area contributed by atoms with E-state index in [0.29, 0.717) is 17.2 Å². The van der Waals surface area contributed by atoms with E-state index in [4.69, 9.17) is 0 Å². The van der Waals surface area contributed by atoms with E-state index in [1.807, 2.05) is 0 Å². The Labute approximate surface area is 110 Å². The smallest absolute Gasteiger partial charge is 0.115 e. The summed E-state index contributed by atoms with van der Waals surface area (Å²) in [6.45, 7) is 5.54. The van der Waals surface area contributed by atoms with Crippen LogP contribution in [0.5, 0.6) is 5.75 Å². The minimum absolute atomic E-state index is 0.361. The highest BCUT2D eigenvalue weighted by Crippen LogP contribution is 2.40. The van der Waals surface area contributed by atoms with E-state index in [0.717, 1.165) is 13.0 Å². The van der Waals surface area contributed by atoms with Crippen LogP contribution < -0.4 is 5.32 Å². The number of benzene rings is 1. The summed E-state index contributed by atoms with van der Waals surface area (Å²) in [5.74, 6) is 0.361. The Hall–Kier alpha value is -1.02. The molecule has 0 aromatic heterocycles. The Morgan fingerprint density at radius 1 is 1.17 bits per heavy atom. The quantitative estimate of drug-likeness (QED) is 0.834. The molecule has 0 saturated heterocycles. The molecule has 2 nitrogen and oxygen atoms in total. The molecule has 1 aromatic rings.